The third-order valence-electron chi connectivity index (χ3n) is 4.63. The standard InChI is InChI=1S/C18H27NO2/c1-13-7-5-10-17(11-13)18(20)21-16(4)12-19-14(2)8-6-9-15(19)3/h5,7,10-11,14-16H,6,8-9,12H2,1-4H3/p+1/t14-,15+,16-/m0/s1. The largest absolute Gasteiger partial charge is 0.453 e. The van der Waals surface area contributed by atoms with Crippen molar-refractivity contribution in [3.63, 3.8) is 0 Å². The highest BCUT2D eigenvalue weighted by atomic mass is 16.5. The quantitative estimate of drug-likeness (QED) is 0.863. The van der Waals surface area contributed by atoms with E-state index in [0.29, 0.717) is 17.6 Å². The van der Waals surface area contributed by atoms with Crippen LogP contribution in [0.3, 0.4) is 0 Å². The van der Waals surface area contributed by atoms with Crippen molar-refractivity contribution < 1.29 is 14.4 Å². The summed E-state index contributed by atoms with van der Waals surface area (Å²) in [5.74, 6) is -0.206. The number of carbonyl (C=O) groups is 1. The summed E-state index contributed by atoms with van der Waals surface area (Å²) in [6, 6.07) is 8.91. The Hall–Kier alpha value is -1.35. The number of nitrogens with one attached hydrogen (secondary N) is 1. The van der Waals surface area contributed by atoms with E-state index in [1.807, 2.05) is 38.1 Å². The third-order valence-corrected chi connectivity index (χ3v) is 4.63. The van der Waals surface area contributed by atoms with Gasteiger partial charge in [0.1, 0.15) is 12.6 Å². The highest BCUT2D eigenvalue weighted by Gasteiger charge is 2.30. The number of piperidine rings is 1. The molecule has 0 aromatic heterocycles. The second-order valence-electron chi connectivity index (χ2n) is 6.60. The minimum absolute atomic E-state index is 0.0454. The van der Waals surface area contributed by atoms with Crippen LogP contribution in [-0.4, -0.2) is 30.7 Å². The molecule has 21 heavy (non-hydrogen) atoms. The Balaban J connectivity index is 1.92. The Labute approximate surface area is 128 Å². The van der Waals surface area contributed by atoms with Gasteiger partial charge in [-0.1, -0.05) is 17.7 Å². The Morgan fingerprint density at radius 2 is 2.00 bits per heavy atom. The van der Waals surface area contributed by atoms with Gasteiger partial charge in [-0.25, -0.2) is 4.79 Å². The van der Waals surface area contributed by atoms with Crippen LogP contribution in [0.2, 0.25) is 0 Å². The molecule has 0 radical (unpaired) electrons. The zero-order valence-electron chi connectivity index (χ0n) is 13.7. The van der Waals surface area contributed by atoms with Crippen molar-refractivity contribution in [2.75, 3.05) is 6.54 Å². The molecule has 3 nitrogen and oxygen atoms in total. The molecule has 3 heteroatoms. The molecular formula is C18H28NO2+. The van der Waals surface area contributed by atoms with Crippen molar-refractivity contribution in [2.45, 2.75) is 65.1 Å². The zero-order valence-corrected chi connectivity index (χ0v) is 13.7. The smallest absolute Gasteiger partial charge is 0.338 e. The van der Waals surface area contributed by atoms with Crippen molar-refractivity contribution in [3.8, 4) is 0 Å². The van der Waals surface area contributed by atoms with Gasteiger partial charge in [0.05, 0.1) is 17.6 Å². The van der Waals surface area contributed by atoms with Crippen LogP contribution in [0.5, 0.6) is 0 Å². The number of likely N-dealkylation sites (tertiary alicyclic amines) is 1. The number of carbonyl (C=O) groups excluding carboxylic acids is 1. The Morgan fingerprint density at radius 3 is 2.62 bits per heavy atom. The summed E-state index contributed by atoms with van der Waals surface area (Å²) in [6.07, 6.45) is 3.83. The lowest BCUT2D eigenvalue weighted by Crippen LogP contribution is -3.20. The molecule has 1 aromatic rings. The fraction of sp³-hybridized carbons (Fsp3) is 0.611. The Morgan fingerprint density at radius 1 is 1.33 bits per heavy atom. The average molecular weight is 290 g/mol. The first-order valence-electron chi connectivity index (χ1n) is 8.10. The fourth-order valence-electron chi connectivity index (χ4n) is 3.39. The number of hydrogen-bond acceptors (Lipinski definition) is 2. The van der Waals surface area contributed by atoms with Gasteiger partial charge in [-0.3, -0.25) is 0 Å². The molecule has 1 aliphatic heterocycles. The van der Waals surface area contributed by atoms with Gasteiger partial charge in [-0.15, -0.1) is 0 Å². The van der Waals surface area contributed by atoms with Crippen LogP contribution in [0.1, 0.15) is 56.0 Å². The summed E-state index contributed by atoms with van der Waals surface area (Å²) in [5.41, 5.74) is 1.73. The lowest BCUT2D eigenvalue weighted by Gasteiger charge is -2.37. The van der Waals surface area contributed by atoms with Crippen molar-refractivity contribution in [1.29, 1.82) is 0 Å². The first-order valence-corrected chi connectivity index (χ1v) is 8.10. The van der Waals surface area contributed by atoms with Gasteiger partial charge >= 0.3 is 5.97 Å². The maximum atomic E-state index is 12.2. The van der Waals surface area contributed by atoms with Crippen molar-refractivity contribution >= 4 is 5.97 Å². The zero-order chi connectivity index (χ0) is 15.4. The molecule has 0 bridgehead atoms. The first kappa shape index (κ1) is 16.0. The molecule has 1 heterocycles. The van der Waals surface area contributed by atoms with Gasteiger partial charge in [0.2, 0.25) is 0 Å². The molecule has 1 unspecified atom stereocenters. The van der Waals surface area contributed by atoms with E-state index in [2.05, 4.69) is 13.8 Å². The summed E-state index contributed by atoms with van der Waals surface area (Å²) >= 11 is 0. The maximum Gasteiger partial charge on any atom is 0.338 e. The number of quaternary nitrogens is 1. The fourth-order valence-corrected chi connectivity index (χ4v) is 3.39. The Bertz CT molecular complexity index is 476. The van der Waals surface area contributed by atoms with Gasteiger partial charge in [0.15, 0.2) is 0 Å². The number of benzene rings is 1. The number of aryl methyl sites for hydroxylation is 1. The van der Waals surface area contributed by atoms with Crippen LogP contribution in [0.25, 0.3) is 0 Å². The number of hydrogen-bond donors (Lipinski definition) is 1. The summed E-state index contributed by atoms with van der Waals surface area (Å²) in [7, 11) is 0. The Kier molecular flexibility index (Phi) is 5.40. The molecule has 0 amide bonds. The molecule has 2 rings (SSSR count). The predicted molar refractivity (Wildman–Crippen MR) is 84.7 cm³/mol. The summed E-state index contributed by atoms with van der Waals surface area (Å²) in [6.45, 7) is 9.51. The van der Waals surface area contributed by atoms with Crippen LogP contribution in [-0.2, 0) is 4.74 Å². The van der Waals surface area contributed by atoms with Gasteiger partial charge in [-0.05, 0) is 59.1 Å². The topological polar surface area (TPSA) is 30.7 Å². The molecule has 1 aliphatic rings. The summed E-state index contributed by atoms with van der Waals surface area (Å²) in [4.78, 5) is 13.8. The lowest BCUT2D eigenvalue weighted by molar-refractivity contribution is -0.953. The van der Waals surface area contributed by atoms with Crippen molar-refractivity contribution in [2.24, 2.45) is 0 Å². The minimum atomic E-state index is -0.206. The van der Waals surface area contributed by atoms with E-state index < -0.39 is 0 Å². The molecule has 116 valence electrons. The van der Waals surface area contributed by atoms with Crippen LogP contribution < -0.4 is 4.90 Å². The second-order valence-corrected chi connectivity index (χ2v) is 6.60. The SMILES string of the molecule is Cc1cccc(C(=O)O[C@@H](C)C[NH+]2[C@H](C)CCC[C@@H]2C)c1. The molecule has 1 aromatic carbocycles. The van der Waals surface area contributed by atoms with Crippen LogP contribution in [0.15, 0.2) is 24.3 Å². The lowest BCUT2D eigenvalue weighted by atomic mass is 9.97. The third kappa shape index (κ3) is 4.31. The maximum absolute atomic E-state index is 12.2. The van der Waals surface area contributed by atoms with Gasteiger partial charge in [0.25, 0.3) is 0 Å². The molecule has 1 fully saturated rings. The summed E-state index contributed by atoms with van der Waals surface area (Å²) < 4.78 is 5.63. The second kappa shape index (κ2) is 7.08. The molecule has 1 saturated heterocycles. The van der Waals surface area contributed by atoms with Crippen molar-refractivity contribution in [3.05, 3.63) is 35.4 Å². The molecule has 0 spiro atoms. The monoisotopic (exact) mass is 290 g/mol. The van der Waals surface area contributed by atoms with Crippen LogP contribution in [0, 0.1) is 6.92 Å². The van der Waals surface area contributed by atoms with Crippen LogP contribution in [0.4, 0.5) is 0 Å². The molecular weight excluding hydrogens is 262 g/mol. The molecule has 0 aliphatic carbocycles. The highest BCUT2D eigenvalue weighted by molar-refractivity contribution is 5.89. The van der Waals surface area contributed by atoms with E-state index in [0.717, 1.165) is 12.1 Å². The number of ether oxygens (including phenoxy) is 1. The average Bonchev–Trinajstić information content (AvgIpc) is 2.43. The van der Waals surface area contributed by atoms with E-state index in [4.69, 9.17) is 4.74 Å². The molecule has 4 atom stereocenters. The van der Waals surface area contributed by atoms with E-state index >= 15 is 0 Å². The molecule has 0 saturated carbocycles. The minimum Gasteiger partial charge on any atom is -0.453 e. The van der Waals surface area contributed by atoms with Gasteiger partial charge in [-0.2, -0.15) is 0 Å². The van der Waals surface area contributed by atoms with E-state index in [1.165, 1.54) is 19.3 Å². The van der Waals surface area contributed by atoms with Gasteiger partial charge < -0.3 is 9.64 Å². The summed E-state index contributed by atoms with van der Waals surface area (Å²) in [5, 5.41) is 0. The number of esters is 1. The van der Waals surface area contributed by atoms with E-state index in [1.54, 1.807) is 4.90 Å². The van der Waals surface area contributed by atoms with Crippen LogP contribution >= 0.6 is 0 Å². The number of rotatable bonds is 4. The predicted octanol–water partition coefficient (Wildman–Crippen LogP) is 2.39. The highest BCUT2D eigenvalue weighted by Crippen LogP contribution is 2.09. The first-order chi connectivity index (χ1) is 9.97. The van der Waals surface area contributed by atoms with Crippen molar-refractivity contribution in [1.82, 2.24) is 0 Å². The normalized spacial score (nSPS) is 27.1. The van der Waals surface area contributed by atoms with Gasteiger partial charge in [0, 0.05) is 0 Å². The van der Waals surface area contributed by atoms with E-state index in [9.17, 15) is 4.79 Å². The molecule has 1 N–H and O–H groups in total. The van der Waals surface area contributed by atoms with E-state index in [-0.39, 0.29) is 12.1 Å².